The fraction of sp³-hybridized carbons (Fsp3) is 0.714. The molecule has 0 bridgehead atoms. The lowest BCUT2D eigenvalue weighted by Gasteiger charge is -2.02. The molecule has 1 nitrogen and oxygen atoms in total. The van der Waals surface area contributed by atoms with Crippen LogP contribution in [0.1, 0.15) is 56.7 Å². The number of rotatable bonds is 10. The molecule has 0 amide bonds. The predicted molar refractivity (Wildman–Crippen MR) is 72.0 cm³/mol. The molecule has 1 aromatic heterocycles. The fourth-order valence-electron chi connectivity index (χ4n) is 1.73. The van der Waals surface area contributed by atoms with Gasteiger partial charge >= 0.3 is 0 Å². The third kappa shape index (κ3) is 7.02. The van der Waals surface area contributed by atoms with Crippen LogP contribution in [0.2, 0.25) is 0 Å². The Bertz CT molecular complexity index is 231. The highest BCUT2D eigenvalue weighted by Gasteiger charge is 1.94. The highest BCUT2D eigenvalue weighted by molar-refractivity contribution is 7.09. The summed E-state index contributed by atoms with van der Waals surface area (Å²) in [5.74, 6) is 0. The Hall–Kier alpha value is -0.340. The van der Waals surface area contributed by atoms with E-state index in [9.17, 15) is 0 Å². The van der Waals surface area contributed by atoms with Crippen molar-refractivity contribution in [2.24, 2.45) is 0 Å². The summed E-state index contributed by atoms with van der Waals surface area (Å²) < 4.78 is 5.62. The molecule has 1 heterocycles. The van der Waals surface area contributed by atoms with Gasteiger partial charge in [0.15, 0.2) is 0 Å². The van der Waals surface area contributed by atoms with Gasteiger partial charge in [0.1, 0.15) is 0 Å². The molecule has 0 aromatic carbocycles. The Morgan fingerprint density at radius 2 is 1.81 bits per heavy atom. The van der Waals surface area contributed by atoms with Gasteiger partial charge in [0.2, 0.25) is 0 Å². The van der Waals surface area contributed by atoms with Crippen LogP contribution in [0.25, 0.3) is 0 Å². The largest absolute Gasteiger partial charge is 0.376 e. The second-order valence-electron chi connectivity index (χ2n) is 4.25. The van der Waals surface area contributed by atoms with Crippen LogP contribution in [0.3, 0.4) is 0 Å². The van der Waals surface area contributed by atoms with Crippen LogP contribution >= 0.6 is 11.3 Å². The van der Waals surface area contributed by atoms with Gasteiger partial charge < -0.3 is 4.74 Å². The molecule has 0 N–H and O–H groups in total. The van der Waals surface area contributed by atoms with Crippen LogP contribution in [0.15, 0.2) is 17.5 Å². The van der Waals surface area contributed by atoms with E-state index in [0.717, 1.165) is 13.2 Å². The van der Waals surface area contributed by atoms with Crippen molar-refractivity contribution in [2.75, 3.05) is 6.61 Å². The molecule has 0 saturated heterocycles. The third-order valence-corrected chi connectivity index (χ3v) is 3.57. The second kappa shape index (κ2) is 9.86. The molecule has 0 unspecified atom stereocenters. The van der Waals surface area contributed by atoms with Gasteiger partial charge in [0, 0.05) is 11.5 Å². The summed E-state index contributed by atoms with van der Waals surface area (Å²) >= 11 is 1.78. The molecular weight excluding hydrogens is 216 g/mol. The van der Waals surface area contributed by atoms with Gasteiger partial charge in [-0.1, -0.05) is 51.5 Å². The van der Waals surface area contributed by atoms with Crippen LogP contribution in [-0.2, 0) is 11.3 Å². The SMILES string of the molecule is CCCCCCCCCOCc1cccs1. The molecule has 0 atom stereocenters. The molecule has 0 spiro atoms. The van der Waals surface area contributed by atoms with Crippen molar-refractivity contribution in [3.05, 3.63) is 22.4 Å². The van der Waals surface area contributed by atoms with Crippen molar-refractivity contribution in [3.8, 4) is 0 Å². The van der Waals surface area contributed by atoms with E-state index in [1.807, 2.05) is 0 Å². The number of hydrogen-bond donors (Lipinski definition) is 0. The monoisotopic (exact) mass is 240 g/mol. The van der Waals surface area contributed by atoms with Crippen LogP contribution in [0.4, 0.5) is 0 Å². The standard InChI is InChI=1S/C14H24OS/c1-2-3-4-5-6-7-8-11-15-13-14-10-9-12-16-14/h9-10,12H,2-8,11,13H2,1H3. The van der Waals surface area contributed by atoms with Gasteiger partial charge in [-0.15, -0.1) is 11.3 Å². The van der Waals surface area contributed by atoms with Crippen molar-refractivity contribution >= 4 is 11.3 Å². The van der Waals surface area contributed by atoms with Gasteiger partial charge in [0.05, 0.1) is 6.61 Å². The first-order valence-corrected chi connectivity index (χ1v) is 7.41. The van der Waals surface area contributed by atoms with Crippen LogP contribution in [0.5, 0.6) is 0 Å². The van der Waals surface area contributed by atoms with Gasteiger partial charge in [-0.3, -0.25) is 0 Å². The maximum atomic E-state index is 5.62. The zero-order chi connectivity index (χ0) is 11.5. The molecule has 2 heteroatoms. The predicted octanol–water partition coefficient (Wildman–Crippen LogP) is 5.02. The first-order valence-electron chi connectivity index (χ1n) is 6.53. The maximum Gasteiger partial charge on any atom is 0.0809 e. The Labute approximate surface area is 104 Å². The Morgan fingerprint density at radius 1 is 1.06 bits per heavy atom. The maximum absolute atomic E-state index is 5.62. The van der Waals surface area contributed by atoms with E-state index in [2.05, 4.69) is 24.4 Å². The number of thiophene rings is 1. The molecule has 0 aliphatic carbocycles. The molecule has 0 aliphatic heterocycles. The Kier molecular flexibility index (Phi) is 8.45. The molecular formula is C14H24OS. The van der Waals surface area contributed by atoms with E-state index < -0.39 is 0 Å². The molecule has 1 rings (SSSR count). The topological polar surface area (TPSA) is 9.23 Å². The molecule has 1 aromatic rings. The van der Waals surface area contributed by atoms with Crippen molar-refractivity contribution in [1.82, 2.24) is 0 Å². The van der Waals surface area contributed by atoms with Crippen molar-refractivity contribution in [1.29, 1.82) is 0 Å². The summed E-state index contributed by atoms with van der Waals surface area (Å²) in [6.45, 7) is 3.98. The van der Waals surface area contributed by atoms with Gasteiger partial charge in [-0.05, 0) is 17.9 Å². The van der Waals surface area contributed by atoms with Gasteiger partial charge in [-0.25, -0.2) is 0 Å². The van der Waals surface area contributed by atoms with E-state index >= 15 is 0 Å². The lowest BCUT2D eigenvalue weighted by atomic mass is 10.1. The smallest absolute Gasteiger partial charge is 0.0809 e. The lowest BCUT2D eigenvalue weighted by molar-refractivity contribution is 0.118. The number of hydrogen-bond acceptors (Lipinski definition) is 2. The Morgan fingerprint density at radius 3 is 2.50 bits per heavy atom. The minimum atomic E-state index is 0.799. The average molecular weight is 240 g/mol. The van der Waals surface area contributed by atoms with E-state index in [1.165, 1.54) is 49.8 Å². The van der Waals surface area contributed by atoms with Crippen LogP contribution in [0, 0.1) is 0 Å². The van der Waals surface area contributed by atoms with Crippen molar-refractivity contribution < 1.29 is 4.74 Å². The summed E-state index contributed by atoms with van der Waals surface area (Å²) in [7, 11) is 0. The lowest BCUT2D eigenvalue weighted by Crippen LogP contribution is -1.93. The molecule has 92 valence electrons. The molecule has 0 fully saturated rings. The summed E-state index contributed by atoms with van der Waals surface area (Å²) in [4.78, 5) is 1.34. The van der Waals surface area contributed by atoms with E-state index in [0.29, 0.717) is 0 Å². The van der Waals surface area contributed by atoms with Crippen molar-refractivity contribution in [2.45, 2.75) is 58.5 Å². The zero-order valence-electron chi connectivity index (χ0n) is 10.4. The fourth-order valence-corrected chi connectivity index (χ4v) is 2.37. The first-order chi connectivity index (χ1) is 7.93. The first kappa shape index (κ1) is 13.7. The normalized spacial score (nSPS) is 10.8. The molecule has 0 aliphatic rings. The summed E-state index contributed by atoms with van der Waals surface area (Å²) in [5, 5.41) is 2.10. The number of unbranched alkanes of at least 4 members (excludes halogenated alkanes) is 6. The highest BCUT2D eigenvalue weighted by Crippen LogP contribution is 2.11. The van der Waals surface area contributed by atoms with Crippen molar-refractivity contribution in [3.63, 3.8) is 0 Å². The van der Waals surface area contributed by atoms with E-state index in [-0.39, 0.29) is 0 Å². The van der Waals surface area contributed by atoms with Crippen LogP contribution < -0.4 is 0 Å². The summed E-state index contributed by atoms with van der Waals surface area (Å²) in [6.07, 6.45) is 9.47. The molecule has 0 radical (unpaired) electrons. The molecule has 16 heavy (non-hydrogen) atoms. The minimum Gasteiger partial charge on any atom is -0.376 e. The van der Waals surface area contributed by atoms with Crippen LogP contribution in [-0.4, -0.2) is 6.61 Å². The minimum absolute atomic E-state index is 0.799. The zero-order valence-corrected chi connectivity index (χ0v) is 11.2. The molecule has 0 saturated carbocycles. The quantitative estimate of drug-likeness (QED) is 0.522. The van der Waals surface area contributed by atoms with E-state index in [4.69, 9.17) is 4.74 Å². The van der Waals surface area contributed by atoms with Gasteiger partial charge in [0.25, 0.3) is 0 Å². The Balaban J connectivity index is 1.78. The highest BCUT2D eigenvalue weighted by atomic mass is 32.1. The average Bonchev–Trinajstić information content (AvgIpc) is 2.80. The second-order valence-corrected chi connectivity index (χ2v) is 5.29. The third-order valence-electron chi connectivity index (χ3n) is 2.72. The summed E-state index contributed by atoms with van der Waals surface area (Å²) in [5.41, 5.74) is 0. The van der Waals surface area contributed by atoms with E-state index in [1.54, 1.807) is 11.3 Å². The number of ether oxygens (including phenoxy) is 1. The van der Waals surface area contributed by atoms with Gasteiger partial charge in [-0.2, -0.15) is 0 Å². The summed E-state index contributed by atoms with van der Waals surface area (Å²) in [6, 6.07) is 4.21.